The van der Waals surface area contributed by atoms with Crippen LogP contribution in [0.1, 0.15) is 22.3 Å². The first-order chi connectivity index (χ1) is 17.0. The molecule has 1 fully saturated rings. The predicted octanol–water partition coefficient (Wildman–Crippen LogP) is 7.73. The van der Waals surface area contributed by atoms with E-state index in [1.54, 1.807) is 6.08 Å². The van der Waals surface area contributed by atoms with Crippen LogP contribution in [0.4, 0.5) is 4.79 Å². The molecule has 1 aliphatic rings. The number of hydrogen-bond acceptors (Lipinski definition) is 4. The lowest BCUT2D eigenvalue weighted by molar-refractivity contribution is -0.123. The van der Waals surface area contributed by atoms with E-state index in [2.05, 4.69) is 15.9 Å². The van der Waals surface area contributed by atoms with Gasteiger partial charge in [0.05, 0.1) is 11.4 Å². The molecule has 0 N–H and O–H groups in total. The molecule has 0 radical (unpaired) electrons. The van der Waals surface area contributed by atoms with E-state index in [0.29, 0.717) is 17.3 Å². The lowest BCUT2D eigenvalue weighted by Gasteiger charge is -2.14. The van der Waals surface area contributed by atoms with E-state index in [-0.39, 0.29) is 17.7 Å². The smallest absolute Gasteiger partial charge is 0.293 e. The number of carbonyl (C=O) groups is 2. The summed E-state index contributed by atoms with van der Waals surface area (Å²) in [6, 6.07) is 27.7. The van der Waals surface area contributed by atoms with Gasteiger partial charge in [-0.3, -0.25) is 14.5 Å². The number of amides is 2. The number of imide groups is 1. The second-order valence-corrected chi connectivity index (χ2v) is 10.3. The number of carbonyl (C=O) groups excluding carboxylic acids is 2. The minimum absolute atomic E-state index is 0.235. The summed E-state index contributed by atoms with van der Waals surface area (Å²) in [5.41, 5.74) is 3.93. The second kappa shape index (κ2) is 10.1. The Labute approximate surface area is 216 Å². The molecule has 35 heavy (non-hydrogen) atoms. The van der Waals surface area contributed by atoms with E-state index in [1.165, 1.54) is 10.5 Å². The summed E-state index contributed by atoms with van der Waals surface area (Å²) in [7, 11) is 0. The Balaban J connectivity index is 1.39. The summed E-state index contributed by atoms with van der Waals surface area (Å²) in [6.07, 6.45) is 1.74. The van der Waals surface area contributed by atoms with Gasteiger partial charge in [0.15, 0.2) is 0 Å². The van der Waals surface area contributed by atoms with Crippen molar-refractivity contribution in [2.45, 2.75) is 20.1 Å². The molecule has 2 amide bonds. The molecular formula is C29H22BrNO3S. The molecule has 0 bridgehead atoms. The zero-order valence-corrected chi connectivity index (χ0v) is 21.4. The Morgan fingerprint density at radius 2 is 1.71 bits per heavy atom. The molecular weight excluding hydrogens is 522 g/mol. The van der Waals surface area contributed by atoms with Crippen molar-refractivity contribution >= 4 is 55.7 Å². The third-order valence-electron chi connectivity index (χ3n) is 5.86. The van der Waals surface area contributed by atoms with Crippen molar-refractivity contribution in [2.75, 3.05) is 0 Å². The number of nitrogens with zero attached hydrogens (tertiary/aromatic N) is 1. The highest BCUT2D eigenvalue weighted by molar-refractivity contribution is 9.10. The average Bonchev–Trinajstić information content (AvgIpc) is 3.12. The highest BCUT2D eigenvalue weighted by Crippen LogP contribution is 2.36. The van der Waals surface area contributed by atoms with Crippen LogP contribution in [0.5, 0.6) is 5.75 Å². The van der Waals surface area contributed by atoms with Crippen molar-refractivity contribution in [3.05, 3.63) is 117 Å². The molecule has 0 atom stereocenters. The van der Waals surface area contributed by atoms with Crippen molar-refractivity contribution in [3.63, 3.8) is 0 Å². The monoisotopic (exact) mass is 543 g/mol. The molecule has 1 heterocycles. The largest absolute Gasteiger partial charge is 0.488 e. The Kier molecular flexibility index (Phi) is 6.75. The average molecular weight is 544 g/mol. The molecule has 6 heteroatoms. The summed E-state index contributed by atoms with van der Waals surface area (Å²) in [5, 5.41) is 1.85. The van der Waals surface area contributed by atoms with Crippen LogP contribution in [0.2, 0.25) is 0 Å². The minimum atomic E-state index is -0.294. The summed E-state index contributed by atoms with van der Waals surface area (Å²) in [5.74, 6) is 0.354. The SMILES string of the molecule is Cc1ccc(COc2ccc(Br)cc2/C=C2/SC(=O)N(Cc3cccc4ccccc34)C2=O)cc1. The molecule has 4 aromatic rings. The van der Waals surface area contributed by atoms with Gasteiger partial charge < -0.3 is 4.74 Å². The van der Waals surface area contributed by atoms with E-state index in [1.807, 2.05) is 91.9 Å². The summed E-state index contributed by atoms with van der Waals surface area (Å²) < 4.78 is 6.94. The number of hydrogen-bond donors (Lipinski definition) is 0. The topological polar surface area (TPSA) is 46.6 Å². The molecule has 0 aromatic heterocycles. The second-order valence-electron chi connectivity index (χ2n) is 8.36. The highest BCUT2D eigenvalue weighted by Gasteiger charge is 2.35. The predicted molar refractivity (Wildman–Crippen MR) is 145 cm³/mol. The van der Waals surface area contributed by atoms with Crippen LogP contribution in [0.3, 0.4) is 0 Å². The van der Waals surface area contributed by atoms with Crippen LogP contribution in [0, 0.1) is 6.92 Å². The first-order valence-electron chi connectivity index (χ1n) is 11.2. The standard InChI is InChI=1S/C29H22BrNO3S/c1-19-9-11-20(12-10-19)18-34-26-14-13-24(30)15-23(26)16-27-28(32)31(29(33)35-27)17-22-7-4-6-21-5-2-3-8-25(21)22/h2-16H,17-18H2,1H3/b27-16+. The van der Waals surface area contributed by atoms with Crippen molar-refractivity contribution in [1.82, 2.24) is 4.90 Å². The van der Waals surface area contributed by atoms with Gasteiger partial charge in [-0.25, -0.2) is 0 Å². The molecule has 4 nitrogen and oxygen atoms in total. The van der Waals surface area contributed by atoms with E-state index < -0.39 is 0 Å². The Bertz CT molecular complexity index is 1460. The Hall–Kier alpha value is -3.35. The first kappa shape index (κ1) is 23.4. The van der Waals surface area contributed by atoms with Crippen molar-refractivity contribution in [3.8, 4) is 5.75 Å². The molecule has 0 aliphatic carbocycles. The van der Waals surface area contributed by atoms with Gasteiger partial charge in [0.25, 0.3) is 11.1 Å². The summed E-state index contributed by atoms with van der Waals surface area (Å²) in [6.45, 7) is 2.69. The van der Waals surface area contributed by atoms with E-state index in [0.717, 1.165) is 43.7 Å². The summed E-state index contributed by atoms with van der Waals surface area (Å²) in [4.78, 5) is 27.7. The van der Waals surface area contributed by atoms with Gasteiger partial charge >= 0.3 is 0 Å². The van der Waals surface area contributed by atoms with Crippen LogP contribution < -0.4 is 4.74 Å². The number of fused-ring (bicyclic) bond motifs is 1. The van der Waals surface area contributed by atoms with E-state index in [4.69, 9.17) is 4.74 Å². The van der Waals surface area contributed by atoms with Crippen molar-refractivity contribution in [2.24, 2.45) is 0 Å². The van der Waals surface area contributed by atoms with Crippen LogP contribution >= 0.6 is 27.7 Å². The van der Waals surface area contributed by atoms with E-state index >= 15 is 0 Å². The number of halogens is 1. The zero-order valence-electron chi connectivity index (χ0n) is 19.0. The van der Waals surface area contributed by atoms with E-state index in [9.17, 15) is 9.59 Å². The fourth-order valence-electron chi connectivity index (χ4n) is 3.99. The van der Waals surface area contributed by atoms with Crippen LogP contribution in [0.15, 0.2) is 94.3 Å². The number of ether oxygens (including phenoxy) is 1. The molecule has 1 aliphatic heterocycles. The zero-order chi connectivity index (χ0) is 24.4. The summed E-state index contributed by atoms with van der Waals surface area (Å²) >= 11 is 4.46. The maximum absolute atomic E-state index is 13.2. The van der Waals surface area contributed by atoms with Gasteiger partial charge in [-0.05, 0) is 64.9 Å². The molecule has 5 rings (SSSR count). The lowest BCUT2D eigenvalue weighted by Crippen LogP contribution is -2.27. The maximum Gasteiger partial charge on any atom is 0.293 e. The highest BCUT2D eigenvalue weighted by atomic mass is 79.9. The van der Waals surface area contributed by atoms with Crippen LogP contribution in [-0.2, 0) is 17.9 Å². The molecule has 174 valence electrons. The fourth-order valence-corrected chi connectivity index (χ4v) is 5.20. The molecule has 0 saturated carbocycles. The molecule has 4 aromatic carbocycles. The quantitative estimate of drug-likeness (QED) is 0.233. The normalized spacial score (nSPS) is 14.8. The maximum atomic E-state index is 13.2. The number of aryl methyl sites for hydroxylation is 1. The third-order valence-corrected chi connectivity index (χ3v) is 7.26. The van der Waals surface area contributed by atoms with Gasteiger partial charge in [-0.2, -0.15) is 0 Å². The van der Waals surface area contributed by atoms with Gasteiger partial charge in [0.1, 0.15) is 12.4 Å². The van der Waals surface area contributed by atoms with Gasteiger partial charge in [-0.15, -0.1) is 0 Å². The minimum Gasteiger partial charge on any atom is -0.488 e. The molecule has 1 saturated heterocycles. The Morgan fingerprint density at radius 3 is 2.54 bits per heavy atom. The lowest BCUT2D eigenvalue weighted by atomic mass is 10.0. The number of benzene rings is 4. The van der Waals surface area contributed by atoms with Crippen molar-refractivity contribution < 1.29 is 14.3 Å². The fraction of sp³-hybridized carbons (Fsp3) is 0.103. The van der Waals surface area contributed by atoms with Crippen molar-refractivity contribution in [1.29, 1.82) is 0 Å². The Morgan fingerprint density at radius 1 is 0.943 bits per heavy atom. The first-order valence-corrected chi connectivity index (χ1v) is 12.8. The third kappa shape index (κ3) is 5.19. The van der Waals surface area contributed by atoms with Gasteiger partial charge in [0, 0.05) is 10.0 Å². The molecule has 0 unspecified atom stereocenters. The number of thioether (sulfide) groups is 1. The number of rotatable bonds is 6. The van der Waals surface area contributed by atoms with Gasteiger partial charge in [0.2, 0.25) is 0 Å². The van der Waals surface area contributed by atoms with Crippen LogP contribution in [-0.4, -0.2) is 16.0 Å². The van der Waals surface area contributed by atoms with Gasteiger partial charge in [-0.1, -0.05) is 88.2 Å². The molecule has 0 spiro atoms. The van der Waals surface area contributed by atoms with Crippen LogP contribution in [0.25, 0.3) is 16.8 Å².